The van der Waals surface area contributed by atoms with Gasteiger partial charge in [-0.1, -0.05) is 12.1 Å². The summed E-state index contributed by atoms with van der Waals surface area (Å²) in [5.41, 5.74) is 3.50. The number of carbonyl (C=O) groups excluding carboxylic acids is 2. The van der Waals surface area contributed by atoms with Gasteiger partial charge in [0.05, 0.1) is 11.7 Å². The van der Waals surface area contributed by atoms with Gasteiger partial charge in [0, 0.05) is 42.3 Å². The molecule has 0 bridgehead atoms. The number of aromatic amines is 1. The van der Waals surface area contributed by atoms with E-state index in [9.17, 15) is 18.4 Å². The van der Waals surface area contributed by atoms with Gasteiger partial charge in [0.15, 0.2) is 0 Å². The number of anilines is 3. The molecule has 3 heterocycles. The first-order chi connectivity index (χ1) is 17.9. The van der Waals surface area contributed by atoms with Crippen molar-refractivity contribution < 1.29 is 18.4 Å². The molecule has 37 heavy (non-hydrogen) atoms. The molecule has 2 fully saturated rings. The summed E-state index contributed by atoms with van der Waals surface area (Å²) in [6.07, 6.45) is 3.68. The summed E-state index contributed by atoms with van der Waals surface area (Å²) in [6.45, 7) is 0.906. The van der Waals surface area contributed by atoms with Crippen LogP contribution in [0.3, 0.4) is 0 Å². The lowest BCUT2D eigenvalue weighted by molar-refractivity contribution is -0.117. The molecule has 6 rings (SSSR count). The van der Waals surface area contributed by atoms with E-state index in [0.717, 1.165) is 47.2 Å². The highest BCUT2D eigenvalue weighted by atomic mass is 19.1. The summed E-state index contributed by atoms with van der Waals surface area (Å²) in [7, 11) is 0. The van der Waals surface area contributed by atoms with Crippen molar-refractivity contribution in [1.29, 1.82) is 0 Å². The lowest BCUT2D eigenvalue weighted by Gasteiger charge is -2.40. The van der Waals surface area contributed by atoms with Gasteiger partial charge in [0.2, 0.25) is 5.91 Å². The number of H-pyrrole nitrogens is 1. The largest absolute Gasteiger partial charge is 0.379 e. The van der Waals surface area contributed by atoms with Crippen molar-refractivity contribution in [2.45, 2.75) is 18.9 Å². The molecule has 4 aromatic rings. The first-order valence-corrected chi connectivity index (χ1v) is 12.1. The highest BCUT2D eigenvalue weighted by Crippen LogP contribution is 2.33. The summed E-state index contributed by atoms with van der Waals surface area (Å²) in [5, 5.41) is 9.75. The summed E-state index contributed by atoms with van der Waals surface area (Å²) in [5.74, 6) is -0.885. The van der Waals surface area contributed by atoms with Crippen molar-refractivity contribution in [2.75, 3.05) is 29.0 Å². The Hall–Kier alpha value is -4.47. The maximum atomic E-state index is 13.8. The fourth-order valence-corrected chi connectivity index (χ4v) is 4.42. The van der Waals surface area contributed by atoms with Crippen molar-refractivity contribution in [1.82, 2.24) is 14.9 Å². The molecule has 1 aliphatic carbocycles. The molecule has 0 spiro atoms. The number of rotatable bonds is 6. The third kappa shape index (κ3) is 4.82. The van der Waals surface area contributed by atoms with Crippen LogP contribution < -0.4 is 16.0 Å². The number of hydrogen-bond acceptors (Lipinski definition) is 4. The van der Waals surface area contributed by atoms with Gasteiger partial charge in [0.1, 0.15) is 23.1 Å². The molecule has 2 aliphatic rings. The molecule has 3 amide bonds. The Bertz CT molecular complexity index is 1490. The highest BCUT2D eigenvalue weighted by Gasteiger charge is 2.31. The van der Waals surface area contributed by atoms with Crippen LogP contribution >= 0.6 is 0 Å². The number of aromatic nitrogens is 2. The van der Waals surface area contributed by atoms with Crippen LogP contribution in [0.5, 0.6) is 0 Å². The lowest BCUT2D eigenvalue weighted by Crippen LogP contribution is -2.58. The van der Waals surface area contributed by atoms with E-state index >= 15 is 0 Å². The van der Waals surface area contributed by atoms with Crippen LogP contribution in [0.1, 0.15) is 12.8 Å². The predicted octanol–water partition coefficient (Wildman–Crippen LogP) is 5.18. The number of carbonyl (C=O) groups is 2. The normalized spacial score (nSPS) is 15.4. The highest BCUT2D eigenvalue weighted by molar-refractivity contribution is 5.99. The zero-order chi connectivity index (χ0) is 25.5. The quantitative estimate of drug-likeness (QED) is 0.292. The average Bonchev–Trinajstić information content (AvgIpc) is 3.60. The number of benzene rings is 2. The maximum absolute atomic E-state index is 13.8. The van der Waals surface area contributed by atoms with Gasteiger partial charge in [-0.05, 0) is 60.4 Å². The van der Waals surface area contributed by atoms with Gasteiger partial charge in [-0.2, -0.15) is 0 Å². The molecular formula is C27H24F2N6O2. The molecule has 8 nitrogen and oxygen atoms in total. The van der Waals surface area contributed by atoms with Gasteiger partial charge in [-0.15, -0.1) is 0 Å². The second-order valence-electron chi connectivity index (χ2n) is 9.44. The van der Waals surface area contributed by atoms with Crippen LogP contribution in [0.2, 0.25) is 0 Å². The average molecular weight is 503 g/mol. The Morgan fingerprint density at radius 3 is 2.49 bits per heavy atom. The molecule has 2 aromatic carbocycles. The third-order valence-electron chi connectivity index (χ3n) is 6.64. The predicted molar refractivity (Wildman–Crippen MR) is 137 cm³/mol. The summed E-state index contributed by atoms with van der Waals surface area (Å²) >= 11 is 0. The van der Waals surface area contributed by atoms with Crippen LogP contribution in [-0.2, 0) is 4.79 Å². The Morgan fingerprint density at radius 1 is 0.973 bits per heavy atom. The van der Waals surface area contributed by atoms with Crippen LogP contribution in [0.15, 0.2) is 60.8 Å². The van der Waals surface area contributed by atoms with Crippen molar-refractivity contribution in [3.8, 4) is 11.1 Å². The smallest absolute Gasteiger partial charge is 0.322 e. The van der Waals surface area contributed by atoms with E-state index in [-0.39, 0.29) is 23.6 Å². The van der Waals surface area contributed by atoms with Crippen LogP contribution in [0, 0.1) is 17.6 Å². The van der Waals surface area contributed by atoms with E-state index < -0.39 is 17.7 Å². The molecular weight excluding hydrogens is 478 g/mol. The fourth-order valence-electron chi connectivity index (χ4n) is 4.42. The Kier molecular flexibility index (Phi) is 5.71. The van der Waals surface area contributed by atoms with E-state index in [1.54, 1.807) is 4.90 Å². The minimum absolute atomic E-state index is 0.00919. The number of nitrogens with zero attached hydrogens (tertiary/aromatic N) is 2. The lowest BCUT2D eigenvalue weighted by atomic mass is 10.0. The maximum Gasteiger partial charge on any atom is 0.322 e. The zero-order valence-corrected chi connectivity index (χ0v) is 19.7. The van der Waals surface area contributed by atoms with Crippen molar-refractivity contribution in [2.24, 2.45) is 5.92 Å². The van der Waals surface area contributed by atoms with Crippen LogP contribution in [0.4, 0.5) is 30.8 Å². The molecule has 0 radical (unpaired) electrons. The summed E-state index contributed by atoms with van der Waals surface area (Å²) < 4.78 is 26.8. The van der Waals surface area contributed by atoms with Crippen LogP contribution in [0.25, 0.3) is 22.2 Å². The molecule has 4 N–H and O–H groups in total. The topological polar surface area (TPSA) is 102 Å². The SMILES string of the molecule is O=C(Nc1cc(-c2ccc(NC3CN(C(=O)Nc4ccc(F)cc4F)C3)cc2)c2cc[nH]c2n1)C1CC1. The zero-order valence-electron chi connectivity index (χ0n) is 19.7. The van der Waals surface area contributed by atoms with Gasteiger partial charge >= 0.3 is 6.03 Å². The van der Waals surface area contributed by atoms with Gasteiger partial charge in [-0.25, -0.2) is 18.6 Å². The number of fused-ring (bicyclic) bond motifs is 1. The first-order valence-electron chi connectivity index (χ1n) is 12.1. The Balaban J connectivity index is 1.09. The standard InChI is InChI=1S/C27H24F2N6O2/c28-17-5-8-23(22(29)11-17)32-27(37)35-13-19(14-35)31-18-6-3-15(4-7-18)21-12-24(34-26(36)16-1-2-16)33-25-20(21)9-10-30-25/h3-12,16,19,31H,1-2,13-14H2,(H,32,37)(H2,30,33,34,36). The molecule has 0 atom stereocenters. The number of halogens is 2. The molecule has 0 unspecified atom stereocenters. The first kappa shape index (κ1) is 23.0. The van der Waals surface area contributed by atoms with E-state index in [4.69, 9.17) is 0 Å². The number of amides is 3. The van der Waals surface area contributed by atoms with Crippen molar-refractivity contribution >= 4 is 40.2 Å². The Labute approximate surface area is 211 Å². The molecule has 10 heteroatoms. The minimum Gasteiger partial charge on any atom is -0.379 e. The van der Waals surface area contributed by atoms with E-state index in [1.165, 1.54) is 6.07 Å². The van der Waals surface area contributed by atoms with Crippen LogP contribution in [-0.4, -0.2) is 45.9 Å². The molecule has 2 aromatic heterocycles. The number of hydrogen-bond donors (Lipinski definition) is 4. The molecule has 188 valence electrons. The third-order valence-corrected chi connectivity index (χ3v) is 6.64. The fraction of sp³-hybridized carbons (Fsp3) is 0.222. The van der Waals surface area contributed by atoms with Crippen molar-refractivity contribution in [3.05, 3.63) is 72.4 Å². The van der Waals surface area contributed by atoms with Gasteiger partial charge in [-0.3, -0.25) is 4.79 Å². The van der Waals surface area contributed by atoms with E-state index in [1.807, 2.05) is 42.6 Å². The number of urea groups is 1. The molecule has 1 saturated carbocycles. The molecule has 1 saturated heterocycles. The van der Waals surface area contributed by atoms with E-state index in [0.29, 0.717) is 24.6 Å². The van der Waals surface area contributed by atoms with Gasteiger partial charge < -0.3 is 25.8 Å². The monoisotopic (exact) mass is 502 g/mol. The minimum atomic E-state index is -0.813. The number of pyridine rings is 1. The second-order valence-corrected chi connectivity index (χ2v) is 9.44. The summed E-state index contributed by atoms with van der Waals surface area (Å²) in [4.78, 5) is 33.8. The van der Waals surface area contributed by atoms with E-state index in [2.05, 4.69) is 25.9 Å². The number of nitrogens with one attached hydrogen (secondary N) is 4. The summed E-state index contributed by atoms with van der Waals surface area (Å²) in [6, 6.07) is 14.4. The Morgan fingerprint density at radius 2 is 1.76 bits per heavy atom. The van der Waals surface area contributed by atoms with Crippen molar-refractivity contribution in [3.63, 3.8) is 0 Å². The molecule has 1 aliphatic heterocycles. The van der Waals surface area contributed by atoms with Gasteiger partial charge in [0.25, 0.3) is 0 Å². The number of likely N-dealkylation sites (tertiary alicyclic amines) is 1. The second kappa shape index (κ2) is 9.20.